The highest BCUT2D eigenvalue weighted by Crippen LogP contribution is 2.28. The van der Waals surface area contributed by atoms with Gasteiger partial charge in [0.25, 0.3) is 0 Å². The Balaban J connectivity index is 0.00000162. The SMILES string of the molecule is CC(N)C(C)C(=O)Nc1c2c(nn1C)CCC2.Cl. The fourth-order valence-electron chi connectivity index (χ4n) is 2.15. The highest BCUT2D eigenvalue weighted by atomic mass is 35.5. The zero-order valence-corrected chi connectivity index (χ0v) is 11.9. The number of halogens is 1. The molecule has 1 amide bonds. The van der Waals surface area contributed by atoms with Crippen molar-refractivity contribution in [3.8, 4) is 0 Å². The van der Waals surface area contributed by atoms with Crippen molar-refractivity contribution in [3.63, 3.8) is 0 Å². The van der Waals surface area contributed by atoms with Gasteiger partial charge in [-0.05, 0) is 26.2 Å². The van der Waals surface area contributed by atoms with Gasteiger partial charge in [0.05, 0.1) is 11.6 Å². The van der Waals surface area contributed by atoms with Gasteiger partial charge >= 0.3 is 0 Å². The monoisotopic (exact) mass is 272 g/mol. The van der Waals surface area contributed by atoms with Crippen LogP contribution in [-0.4, -0.2) is 21.7 Å². The van der Waals surface area contributed by atoms with E-state index in [0.29, 0.717) is 0 Å². The van der Waals surface area contributed by atoms with Crippen LogP contribution >= 0.6 is 12.4 Å². The topological polar surface area (TPSA) is 72.9 Å². The van der Waals surface area contributed by atoms with Crippen LogP contribution in [0.5, 0.6) is 0 Å². The average molecular weight is 273 g/mol. The lowest BCUT2D eigenvalue weighted by Gasteiger charge is -2.16. The minimum Gasteiger partial charge on any atom is -0.327 e. The van der Waals surface area contributed by atoms with Gasteiger partial charge in [-0.2, -0.15) is 5.10 Å². The van der Waals surface area contributed by atoms with Gasteiger partial charge in [0, 0.05) is 18.7 Å². The summed E-state index contributed by atoms with van der Waals surface area (Å²) in [4.78, 5) is 12.0. The van der Waals surface area contributed by atoms with E-state index in [4.69, 9.17) is 5.73 Å². The van der Waals surface area contributed by atoms with Gasteiger partial charge in [0.2, 0.25) is 5.91 Å². The van der Waals surface area contributed by atoms with E-state index >= 15 is 0 Å². The molecule has 2 atom stereocenters. The molecule has 1 aliphatic carbocycles. The number of carbonyl (C=O) groups excluding carboxylic acids is 1. The first-order valence-electron chi connectivity index (χ1n) is 6.12. The summed E-state index contributed by atoms with van der Waals surface area (Å²) in [6.45, 7) is 3.69. The van der Waals surface area contributed by atoms with Crippen molar-refractivity contribution in [2.24, 2.45) is 18.7 Å². The molecule has 1 heterocycles. The molecule has 0 aliphatic heterocycles. The first-order valence-corrected chi connectivity index (χ1v) is 6.12. The molecule has 0 saturated heterocycles. The Labute approximate surface area is 114 Å². The van der Waals surface area contributed by atoms with Crippen LogP contribution in [0.25, 0.3) is 0 Å². The van der Waals surface area contributed by atoms with Crippen molar-refractivity contribution in [2.75, 3.05) is 5.32 Å². The normalized spacial score (nSPS) is 16.7. The van der Waals surface area contributed by atoms with E-state index in [-0.39, 0.29) is 30.3 Å². The first-order chi connectivity index (χ1) is 8.00. The number of nitrogens with one attached hydrogen (secondary N) is 1. The summed E-state index contributed by atoms with van der Waals surface area (Å²) >= 11 is 0. The van der Waals surface area contributed by atoms with Crippen LogP contribution in [0.15, 0.2) is 0 Å². The average Bonchev–Trinajstić information content (AvgIpc) is 2.81. The number of hydrogen-bond donors (Lipinski definition) is 2. The predicted octanol–water partition coefficient (Wildman–Crippen LogP) is 1.25. The molecule has 0 aromatic carbocycles. The molecule has 2 unspecified atom stereocenters. The molecule has 3 N–H and O–H groups in total. The molecular weight excluding hydrogens is 252 g/mol. The molecule has 0 radical (unpaired) electrons. The lowest BCUT2D eigenvalue weighted by Crippen LogP contribution is -2.35. The van der Waals surface area contributed by atoms with E-state index in [1.165, 1.54) is 5.56 Å². The molecule has 2 rings (SSSR count). The van der Waals surface area contributed by atoms with Crippen LogP contribution < -0.4 is 11.1 Å². The third-order valence-electron chi connectivity index (χ3n) is 3.51. The Kier molecular flexibility index (Phi) is 4.76. The van der Waals surface area contributed by atoms with Gasteiger partial charge in [-0.15, -0.1) is 12.4 Å². The van der Waals surface area contributed by atoms with Gasteiger partial charge < -0.3 is 11.1 Å². The Morgan fingerprint density at radius 2 is 2.11 bits per heavy atom. The van der Waals surface area contributed by atoms with Crippen LogP contribution in [0, 0.1) is 5.92 Å². The number of anilines is 1. The van der Waals surface area contributed by atoms with E-state index in [1.807, 2.05) is 20.9 Å². The number of amides is 1. The number of aryl methyl sites for hydroxylation is 2. The predicted molar refractivity (Wildman–Crippen MR) is 73.9 cm³/mol. The third kappa shape index (κ3) is 2.67. The first kappa shape index (κ1) is 15.0. The second kappa shape index (κ2) is 5.71. The van der Waals surface area contributed by atoms with Crippen LogP contribution in [-0.2, 0) is 24.7 Å². The number of fused-ring (bicyclic) bond motifs is 1. The molecule has 5 nitrogen and oxygen atoms in total. The fraction of sp³-hybridized carbons (Fsp3) is 0.667. The lowest BCUT2D eigenvalue weighted by atomic mass is 10.0. The maximum Gasteiger partial charge on any atom is 0.229 e. The van der Waals surface area contributed by atoms with Crippen molar-refractivity contribution in [2.45, 2.75) is 39.2 Å². The van der Waals surface area contributed by atoms with Crippen LogP contribution in [0.3, 0.4) is 0 Å². The standard InChI is InChI=1S/C12H20N4O.ClH/c1-7(8(2)13)12(17)14-11-9-5-4-6-10(9)15-16(11)3;/h7-8H,4-6,13H2,1-3H3,(H,14,17);1H. The molecule has 6 heteroatoms. The summed E-state index contributed by atoms with van der Waals surface area (Å²) in [6, 6.07) is -0.142. The molecule has 0 bridgehead atoms. The lowest BCUT2D eigenvalue weighted by molar-refractivity contribution is -0.119. The zero-order valence-electron chi connectivity index (χ0n) is 11.1. The van der Waals surface area contributed by atoms with Crippen LogP contribution in [0.1, 0.15) is 31.5 Å². The van der Waals surface area contributed by atoms with Gasteiger partial charge in [-0.25, -0.2) is 0 Å². The molecular formula is C12H21ClN4O. The molecule has 0 fully saturated rings. The Morgan fingerprint density at radius 3 is 2.72 bits per heavy atom. The maximum absolute atomic E-state index is 12.0. The summed E-state index contributed by atoms with van der Waals surface area (Å²) in [5, 5.41) is 7.37. The molecule has 0 saturated carbocycles. The van der Waals surface area contributed by atoms with Crippen LogP contribution in [0.2, 0.25) is 0 Å². The summed E-state index contributed by atoms with van der Waals surface area (Å²) in [5.74, 6) is 0.620. The minimum atomic E-state index is -0.193. The Morgan fingerprint density at radius 1 is 1.44 bits per heavy atom. The second-order valence-electron chi connectivity index (χ2n) is 4.89. The number of hydrogen-bond acceptors (Lipinski definition) is 3. The summed E-state index contributed by atoms with van der Waals surface area (Å²) in [5.41, 5.74) is 8.05. The molecule has 18 heavy (non-hydrogen) atoms. The summed E-state index contributed by atoms with van der Waals surface area (Å²) < 4.78 is 1.76. The van der Waals surface area contributed by atoms with Gasteiger partial charge in [-0.3, -0.25) is 9.48 Å². The maximum atomic E-state index is 12.0. The smallest absolute Gasteiger partial charge is 0.229 e. The summed E-state index contributed by atoms with van der Waals surface area (Å²) in [7, 11) is 1.87. The van der Waals surface area contributed by atoms with Crippen molar-refractivity contribution in [1.82, 2.24) is 9.78 Å². The van der Waals surface area contributed by atoms with E-state index in [1.54, 1.807) is 4.68 Å². The number of aromatic nitrogens is 2. The van der Waals surface area contributed by atoms with Crippen LogP contribution in [0.4, 0.5) is 5.82 Å². The largest absolute Gasteiger partial charge is 0.327 e. The zero-order chi connectivity index (χ0) is 12.6. The van der Waals surface area contributed by atoms with E-state index in [0.717, 1.165) is 30.8 Å². The quantitative estimate of drug-likeness (QED) is 0.870. The van der Waals surface area contributed by atoms with Gasteiger partial charge in [0.15, 0.2) is 0 Å². The summed E-state index contributed by atoms with van der Waals surface area (Å²) in [6.07, 6.45) is 3.15. The number of nitrogens with two attached hydrogens (primary N) is 1. The second-order valence-corrected chi connectivity index (χ2v) is 4.89. The van der Waals surface area contributed by atoms with Crippen molar-refractivity contribution < 1.29 is 4.79 Å². The molecule has 0 spiro atoms. The van der Waals surface area contributed by atoms with Gasteiger partial charge in [0.1, 0.15) is 5.82 Å². The van der Waals surface area contributed by atoms with Gasteiger partial charge in [-0.1, -0.05) is 6.92 Å². The van der Waals surface area contributed by atoms with Crippen molar-refractivity contribution >= 4 is 24.1 Å². The Bertz CT molecular complexity index is 442. The van der Waals surface area contributed by atoms with E-state index < -0.39 is 0 Å². The highest BCUT2D eigenvalue weighted by Gasteiger charge is 2.24. The molecule has 102 valence electrons. The number of rotatable bonds is 3. The highest BCUT2D eigenvalue weighted by molar-refractivity contribution is 5.92. The number of nitrogens with zero attached hydrogens (tertiary/aromatic N) is 2. The van der Waals surface area contributed by atoms with Crippen molar-refractivity contribution in [3.05, 3.63) is 11.3 Å². The van der Waals surface area contributed by atoms with E-state index in [9.17, 15) is 4.79 Å². The Hall–Kier alpha value is -1.07. The number of carbonyl (C=O) groups is 1. The molecule has 1 aromatic rings. The van der Waals surface area contributed by atoms with Crippen molar-refractivity contribution in [1.29, 1.82) is 0 Å². The third-order valence-corrected chi connectivity index (χ3v) is 3.51. The molecule has 1 aromatic heterocycles. The minimum absolute atomic E-state index is 0. The van der Waals surface area contributed by atoms with E-state index in [2.05, 4.69) is 10.4 Å². The molecule has 1 aliphatic rings. The fourth-order valence-corrected chi connectivity index (χ4v) is 2.15.